The molecule has 0 saturated carbocycles. The standard InChI is InChI=1S/C20H20BrNO2/c1-20(2)19(23)17(13-5-9-15(21)10-6-13)18(22(20)3)14-7-11-16(24-4)12-8-14/h5-12H,1-4H3. The lowest BCUT2D eigenvalue weighted by atomic mass is 9.92. The molecular weight excluding hydrogens is 366 g/mol. The number of methoxy groups -OCH3 is 1. The highest BCUT2D eigenvalue weighted by atomic mass is 79.9. The van der Waals surface area contributed by atoms with Gasteiger partial charge in [0.2, 0.25) is 0 Å². The summed E-state index contributed by atoms with van der Waals surface area (Å²) in [6.07, 6.45) is 0. The van der Waals surface area contributed by atoms with E-state index in [0.29, 0.717) is 0 Å². The maximum Gasteiger partial charge on any atom is 0.190 e. The van der Waals surface area contributed by atoms with Gasteiger partial charge in [0.25, 0.3) is 0 Å². The molecule has 24 heavy (non-hydrogen) atoms. The van der Waals surface area contributed by atoms with Crippen molar-refractivity contribution < 1.29 is 9.53 Å². The third-order valence-electron chi connectivity index (χ3n) is 4.69. The van der Waals surface area contributed by atoms with Gasteiger partial charge in [0.1, 0.15) is 5.75 Å². The Morgan fingerprint density at radius 2 is 1.50 bits per heavy atom. The Labute approximate surface area is 151 Å². The minimum Gasteiger partial charge on any atom is -0.497 e. The fraction of sp³-hybridized carbons (Fsp3) is 0.250. The summed E-state index contributed by atoms with van der Waals surface area (Å²) in [6.45, 7) is 3.93. The van der Waals surface area contributed by atoms with Crippen LogP contribution in [0.15, 0.2) is 53.0 Å². The molecule has 0 fully saturated rings. The Hall–Kier alpha value is -2.07. The topological polar surface area (TPSA) is 29.5 Å². The zero-order chi connectivity index (χ0) is 17.5. The maximum absolute atomic E-state index is 13.1. The third kappa shape index (κ3) is 2.65. The molecule has 0 N–H and O–H groups in total. The summed E-state index contributed by atoms with van der Waals surface area (Å²) in [4.78, 5) is 15.2. The van der Waals surface area contributed by atoms with Crippen LogP contribution in [0.2, 0.25) is 0 Å². The molecule has 3 nitrogen and oxygen atoms in total. The van der Waals surface area contributed by atoms with Crippen molar-refractivity contribution in [1.29, 1.82) is 0 Å². The van der Waals surface area contributed by atoms with Crippen LogP contribution in [-0.2, 0) is 4.79 Å². The number of carbonyl (C=O) groups excluding carboxylic acids is 1. The van der Waals surface area contributed by atoms with Crippen molar-refractivity contribution >= 4 is 33.0 Å². The van der Waals surface area contributed by atoms with E-state index >= 15 is 0 Å². The van der Waals surface area contributed by atoms with Gasteiger partial charge in [-0.3, -0.25) is 4.79 Å². The smallest absolute Gasteiger partial charge is 0.190 e. The van der Waals surface area contributed by atoms with Crippen molar-refractivity contribution in [2.45, 2.75) is 19.4 Å². The molecule has 1 aliphatic rings. The molecule has 0 saturated heterocycles. The van der Waals surface area contributed by atoms with Crippen LogP contribution in [0.4, 0.5) is 0 Å². The second-order valence-corrected chi connectivity index (χ2v) is 7.32. The van der Waals surface area contributed by atoms with E-state index in [1.165, 1.54) is 0 Å². The molecule has 124 valence electrons. The first-order chi connectivity index (χ1) is 11.4. The van der Waals surface area contributed by atoms with E-state index in [0.717, 1.165) is 32.6 Å². The molecule has 0 amide bonds. The second kappa shape index (κ2) is 6.10. The number of ketones is 1. The Balaban J connectivity index is 2.21. The quantitative estimate of drug-likeness (QED) is 0.771. The Kier molecular flexibility index (Phi) is 4.26. The number of carbonyl (C=O) groups is 1. The summed E-state index contributed by atoms with van der Waals surface area (Å²) in [5.74, 6) is 0.939. The van der Waals surface area contributed by atoms with E-state index < -0.39 is 5.54 Å². The molecule has 0 unspecified atom stereocenters. The lowest BCUT2D eigenvalue weighted by Crippen LogP contribution is -2.41. The number of ether oxygens (including phenoxy) is 1. The average molecular weight is 386 g/mol. The van der Waals surface area contributed by atoms with E-state index in [-0.39, 0.29) is 5.78 Å². The van der Waals surface area contributed by atoms with Gasteiger partial charge in [-0.05, 0) is 61.4 Å². The van der Waals surface area contributed by atoms with Crippen molar-refractivity contribution in [2.24, 2.45) is 0 Å². The number of halogens is 1. The van der Waals surface area contributed by atoms with Crippen LogP contribution in [0.3, 0.4) is 0 Å². The van der Waals surface area contributed by atoms with Crippen LogP contribution in [0, 0.1) is 0 Å². The molecule has 3 rings (SSSR count). The van der Waals surface area contributed by atoms with Crippen molar-refractivity contribution in [1.82, 2.24) is 4.90 Å². The molecular formula is C20H20BrNO2. The first kappa shape index (κ1) is 16.8. The van der Waals surface area contributed by atoms with Crippen LogP contribution in [0.1, 0.15) is 25.0 Å². The fourth-order valence-corrected chi connectivity index (χ4v) is 3.25. The van der Waals surface area contributed by atoms with Gasteiger partial charge >= 0.3 is 0 Å². The first-order valence-corrected chi connectivity index (χ1v) is 8.59. The lowest BCUT2D eigenvalue weighted by molar-refractivity contribution is -0.119. The van der Waals surface area contributed by atoms with Gasteiger partial charge in [-0.25, -0.2) is 0 Å². The zero-order valence-electron chi connectivity index (χ0n) is 14.3. The van der Waals surface area contributed by atoms with Crippen molar-refractivity contribution in [3.8, 4) is 5.75 Å². The Morgan fingerprint density at radius 1 is 0.958 bits per heavy atom. The minimum atomic E-state index is -0.572. The van der Waals surface area contributed by atoms with E-state index in [1.807, 2.05) is 69.4 Å². The van der Waals surface area contributed by atoms with E-state index in [9.17, 15) is 4.79 Å². The van der Waals surface area contributed by atoms with Gasteiger partial charge in [0.15, 0.2) is 5.78 Å². The van der Waals surface area contributed by atoms with Crippen molar-refractivity contribution in [2.75, 3.05) is 14.2 Å². The highest BCUT2D eigenvalue weighted by Crippen LogP contribution is 2.43. The average Bonchev–Trinajstić information content (AvgIpc) is 2.76. The van der Waals surface area contributed by atoms with Crippen molar-refractivity contribution in [3.63, 3.8) is 0 Å². The maximum atomic E-state index is 13.1. The summed E-state index contributed by atoms with van der Waals surface area (Å²) < 4.78 is 6.24. The SMILES string of the molecule is COc1ccc(C2=C(c3ccc(Br)cc3)C(=O)C(C)(C)N2C)cc1. The predicted octanol–water partition coefficient (Wildman–Crippen LogP) is 4.62. The lowest BCUT2D eigenvalue weighted by Gasteiger charge is -2.30. The van der Waals surface area contributed by atoms with Gasteiger partial charge in [0, 0.05) is 11.5 Å². The number of hydrogen-bond donors (Lipinski definition) is 0. The monoisotopic (exact) mass is 385 g/mol. The second-order valence-electron chi connectivity index (χ2n) is 6.41. The summed E-state index contributed by atoms with van der Waals surface area (Å²) in [7, 11) is 3.62. The van der Waals surface area contributed by atoms with Crippen molar-refractivity contribution in [3.05, 3.63) is 64.1 Å². The number of hydrogen-bond acceptors (Lipinski definition) is 3. The van der Waals surface area contributed by atoms with Crippen LogP contribution in [-0.4, -0.2) is 30.4 Å². The molecule has 1 aliphatic heterocycles. The molecule has 2 aromatic rings. The molecule has 1 heterocycles. The molecule has 2 aromatic carbocycles. The largest absolute Gasteiger partial charge is 0.497 e. The van der Waals surface area contributed by atoms with Crippen LogP contribution in [0.25, 0.3) is 11.3 Å². The molecule has 0 radical (unpaired) electrons. The van der Waals surface area contributed by atoms with Crippen LogP contribution in [0.5, 0.6) is 5.75 Å². The normalized spacial score (nSPS) is 16.7. The molecule has 0 atom stereocenters. The van der Waals surface area contributed by atoms with Gasteiger partial charge in [-0.15, -0.1) is 0 Å². The summed E-state index contributed by atoms with van der Waals surface area (Å²) >= 11 is 3.45. The van der Waals surface area contributed by atoms with Gasteiger partial charge in [-0.1, -0.05) is 28.1 Å². The summed E-state index contributed by atoms with van der Waals surface area (Å²) in [5.41, 5.74) is 3.09. The van der Waals surface area contributed by atoms with E-state index in [4.69, 9.17) is 4.74 Å². The predicted molar refractivity (Wildman–Crippen MR) is 101 cm³/mol. The number of benzene rings is 2. The fourth-order valence-electron chi connectivity index (χ4n) is 2.98. The summed E-state index contributed by atoms with van der Waals surface area (Å²) in [5, 5.41) is 0. The highest BCUT2D eigenvalue weighted by molar-refractivity contribution is 9.10. The van der Waals surface area contributed by atoms with E-state index in [1.54, 1.807) is 7.11 Å². The van der Waals surface area contributed by atoms with Gasteiger partial charge in [0.05, 0.1) is 23.9 Å². The first-order valence-electron chi connectivity index (χ1n) is 7.79. The number of rotatable bonds is 3. The third-order valence-corrected chi connectivity index (χ3v) is 5.22. The van der Waals surface area contributed by atoms with Crippen LogP contribution >= 0.6 is 15.9 Å². The number of nitrogens with zero attached hydrogens (tertiary/aromatic N) is 1. The molecule has 0 bridgehead atoms. The molecule has 0 aliphatic carbocycles. The number of Topliss-reactive ketones (excluding diaryl/α,β-unsaturated/α-hetero) is 1. The van der Waals surface area contributed by atoms with Gasteiger partial charge < -0.3 is 9.64 Å². The summed E-state index contributed by atoms with van der Waals surface area (Å²) in [6, 6.07) is 15.7. The Bertz CT molecular complexity index is 805. The molecule has 0 aromatic heterocycles. The van der Waals surface area contributed by atoms with Gasteiger partial charge in [-0.2, -0.15) is 0 Å². The Morgan fingerprint density at radius 3 is 2.04 bits per heavy atom. The zero-order valence-corrected chi connectivity index (χ0v) is 15.8. The van der Waals surface area contributed by atoms with E-state index in [2.05, 4.69) is 20.8 Å². The minimum absolute atomic E-state index is 0.137. The molecule has 4 heteroatoms. The number of likely N-dealkylation sites (N-methyl/N-ethyl adjacent to an activating group) is 1. The highest BCUT2D eigenvalue weighted by Gasteiger charge is 2.44. The van der Waals surface area contributed by atoms with Crippen LogP contribution < -0.4 is 4.74 Å². The molecule has 0 spiro atoms.